The molecule has 2 fully saturated rings. The van der Waals surface area contributed by atoms with Crippen LogP contribution >= 0.6 is 11.8 Å². The van der Waals surface area contributed by atoms with Gasteiger partial charge in [0.05, 0.1) is 24.9 Å². The molecule has 1 spiro atoms. The number of nitrogens with zero attached hydrogens (tertiary/aromatic N) is 2. The largest absolute Gasteiger partial charge is 0.306 e. The normalized spacial score (nSPS) is 25.0. The number of thioether (sulfide) groups is 1. The maximum absolute atomic E-state index is 14.8. The van der Waals surface area contributed by atoms with Gasteiger partial charge in [0.25, 0.3) is 5.91 Å². The minimum absolute atomic E-state index is 0.156. The Bertz CT molecular complexity index is 1670. The highest BCUT2D eigenvalue weighted by Gasteiger charge is 2.71. The molecule has 4 unspecified atom stereocenters. The summed E-state index contributed by atoms with van der Waals surface area (Å²) in [7, 11) is 0. The van der Waals surface area contributed by atoms with Crippen molar-refractivity contribution in [3.05, 3.63) is 114 Å². The first-order chi connectivity index (χ1) is 20.0. The molecule has 4 aromatic rings. The Morgan fingerprint density at radius 3 is 2.34 bits per heavy atom. The van der Waals surface area contributed by atoms with Crippen molar-refractivity contribution < 1.29 is 14.4 Å². The van der Waals surface area contributed by atoms with Crippen LogP contribution < -0.4 is 10.2 Å². The van der Waals surface area contributed by atoms with Crippen LogP contribution in [-0.2, 0) is 33.0 Å². The van der Waals surface area contributed by atoms with E-state index in [4.69, 9.17) is 0 Å². The van der Waals surface area contributed by atoms with E-state index in [1.54, 1.807) is 11.8 Å². The number of fused-ring (bicyclic) bond motifs is 5. The number of carbonyl (C=O) groups excluding carboxylic acids is 3. The third-order valence-electron chi connectivity index (χ3n) is 8.98. The second kappa shape index (κ2) is 10.2. The number of rotatable bonds is 7. The van der Waals surface area contributed by atoms with Crippen LogP contribution in [0.15, 0.2) is 97.1 Å². The maximum atomic E-state index is 14.8. The molecule has 2 saturated heterocycles. The van der Waals surface area contributed by atoms with Crippen molar-refractivity contribution in [2.24, 2.45) is 11.8 Å². The van der Waals surface area contributed by atoms with Crippen LogP contribution in [0.3, 0.4) is 0 Å². The van der Waals surface area contributed by atoms with Crippen molar-refractivity contribution in [3.8, 4) is 0 Å². The summed E-state index contributed by atoms with van der Waals surface area (Å²) in [5.74, 6) is -1.16. The van der Waals surface area contributed by atoms with Crippen LogP contribution in [0.5, 0.6) is 0 Å². The Hall–Kier alpha value is -3.94. The standard InChI is InChI=1S/C34H31N3O3S/c1-41-19-18-27-29-30(32(39)37(31(29)38)20-22-10-3-2-4-11-22)34(35-27)26-16-7-8-17-28(26)36(33(34)40)21-24-14-9-13-23-12-5-6-15-25(23)24/h2-17,27,29-30,35H,18-21H2,1H3. The van der Waals surface area contributed by atoms with Crippen molar-refractivity contribution in [3.63, 3.8) is 0 Å². The highest BCUT2D eigenvalue weighted by Crippen LogP contribution is 2.55. The lowest BCUT2D eigenvalue weighted by atomic mass is 9.76. The van der Waals surface area contributed by atoms with Gasteiger partial charge in [0.15, 0.2) is 0 Å². The third kappa shape index (κ3) is 3.94. The molecule has 3 amide bonds. The first kappa shape index (κ1) is 26.0. The molecule has 4 atom stereocenters. The van der Waals surface area contributed by atoms with E-state index in [1.807, 2.05) is 84.0 Å². The topological polar surface area (TPSA) is 69.7 Å². The van der Waals surface area contributed by atoms with Gasteiger partial charge in [-0.15, -0.1) is 0 Å². The van der Waals surface area contributed by atoms with Crippen LogP contribution in [0.2, 0.25) is 0 Å². The molecule has 0 radical (unpaired) electrons. The molecule has 4 aromatic carbocycles. The van der Waals surface area contributed by atoms with Gasteiger partial charge in [0, 0.05) is 17.3 Å². The lowest BCUT2D eigenvalue weighted by Gasteiger charge is -2.31. The summed E-state index contributed by atoms with van der Waals surface area (Å²) in [6.45, 7) is 0.593. The SMILES string of the molecule is CSCCC1NC2(C(=O)N(Cc3cccc4ccccc34)c3ccccc32)C2C(=O)N(Cc3ccccc3)C(=O)C12. The summed E-state index contributed by atoms with van der Waals surface area (Å²) in [4.78, 5) is 46.2. The Labute approximate surface area is 243 Å². The summed E-state index contributed by atoms with van der Waals surface area (Å²) in [5, 5.41) is 5.84. The molecule has 3 heterocycles. The van der Waals surface area contributed by atoms with Gasteiger partial charge in [-0.1, -0.05) is 91.0 Å². The Morgan fingerprint density at radius 1 is 0.780 bits per heavy atom. The fourth-order valence-electron chi connectivity index (χ4n) is 7.18. The quantitative estimate of drug-likeness (QED) is 0.318. The summed E-state index contributed by atoms with van der Waals surface area (Å²) in [5.41, 5.74) is 2.23. The van der Waals surface area contributed by atoms with Crippen molar-refractivity contribution >= 4 is 45.9 Å². The number of benzene rings is 4. The van der Waals surface area contributed by atoms with Crippen LogP contribution in [0.4, 0.5) is 5.69 Å². The maximum Gasteiger partial charge on any atom is 0.253 e. The van der Waals surface area contributed by atoms with E-state index < -0.39 is 17.4 Å². The zero-order valence-corrected chi connectivity index (χ0v) is 23.6. The molecule has 6 nitrogen and oxygen atoms in total. The van der Waals surface area contributed by atoms with Gasteiger partial charge in [0.1, 0.15) is 5.54 Å². The smallest absolute Gasteiger partial charge is 0.253 e. The number of nitrogens with one attached hydrogen (secondary N) is 1. The van der Waals surface area contributed by atoms with Crippen molar-refractivity contribution in [2.75, 3.05) is 16.9 Å². The second-order valence-electron chi connectivity index (χ2n) is 11.1. The summed E-state index contributed by atoms with van der Waals surface area (Å²) < 4.78 is 0. The first-order valence-electron chi connectivity index (χ1n) is 14.1. The predicted molar refractivity (Wildman–Crippen MR) is 162 cm³/mol. The average Bonchev–Trinajstić information content (AvgIpc) is 3.56. The average molecular weight is 562 g/mol. The number of amides is 3. The minimum Gasteiger partial charge on any atom is -0.306 e. The molecule has 3 aliphatic heterocycles. The van der Waals surface area contributed by atoms with Gasteiger partial charge in [-0.2, -0.15) is 11.8 Å². The number of anilines is 1. The number of imide groups is 1. The highest BCUT2D eigenvalue weighted by molar-refractivity contribution is 7.98. The molecule has 3 aliphatic rings. The number of carbonyl (C=O) groups is 3. The van der Waals surface area contributed by atoms with E-state index in [2.05, 4.69) is 29.6 Å². The van der Waals surface area contributed by atoms with Gasteiger partial charge >= 0.3 is 0 Å². The fraction of sp³-hybridized carbons (Fsp3) is 0.265. The van der Waals surface area contributed by atoms with Crippen LogP contribution in [-0.4, -0.2) is 40.7 Å². The molecule has 7 rings (SSSR count). The van der Waals surface area contributed by atoms with Gasteiger partial charge in [-0.3, -0.25) is 24.6 Å². The molecule has 206 valence electrons. The summed E-state index contributed by atoms with van der Waals surface area (Å²) in [6, 6.07) is 31.4. The van der Waals surface area contributed by atoms with Gasteiger partial charge in [-0.25, -0.2) is 0 Å². The Balaban J connectivity index is 1.32. The van der Waals surface area contributed by atoms with E-state index in [-0.39, 0.29) is 30.3 Å². The Morgan fingerprint density at radius 2 is 1.51 bits per heavy atom. The number of hydrogen-bond acceptors (Lipinski definition) is 5. The first-order valence-corrected chi connectivity index (χ1v) is 15.5. The molecule has 0 saturated carbocycles. The molecule has 0 bridgehead atoms. The predicted octanol–water partition coefficient (Wildman–Crippen LogP) is 5.11. The third-order valence-corrected chi connectivity index (χ3v) is 9.63. The highest BCUT2D eigenvalue weighted by atomic mass is 32.2. The molecular weight excluding hydrogens is 530 g/mol. The zero-order valence-electron chi connectivity index (χ0n) is 22.8. The van der Waals surface area contributed by atoms with Crippen molar-refractivity contribution in [1.29, 1.82) is 0 Å². The van der Waals surface area contributed by atoms with Crippen molar-refractivity contribution in [1.82, 2.24) is 10.2 Å². The number of likely N-dealkylation sites (tertiary alicyclic amines) is 1. The number of para-hydroxylation sites is 1. The molecule has 1 N–H and O–H groups in total. The van der Waals surface area contributed by atoms with E-state index >= 15 is 0 Å². The van der Waals surface area contributed by atoms with Crippen molar-refractivity contribution in [2.45, 2.75) is 31.1 Å². The van der Waals surface area contributed by atoms with Crippen LogP contribution in [0.1, 0.15) is 23.1 Å². The van der Waals surface area contributed by atoms with E-state index in [0.29, 0.717) is 13.0 Å². The molecule has 41 heavy (non-hydrogen) atoms. The van der Waals surface area contributed by atoms with Crippen LogP contribution in [0.25, 0.3) is 10.8 Å². The van der Waals surface area contributed by atoms with E-state index in [1.165, 1.54) is 4.90 Å². The monoisotopic (exact) mass is 561 g/mol. The van der Waals surface area contributed by atoms with Gasteiger partial charge in [-0.05, 0) is 46.4 Å². The second-order valence-corrected chi connectivity index (χ2v) is 12.1. The van der Waals surface area contributed by atoms with Gasteiger partial charge < -0.3 is 4.90 Å². The van der Waals surface area contributed by atoms with Crippen LogP contribution in [0, 0.1) is 11.8 Å². The summed E-state index contributed by atoms with van der Waals surface area (Å²) >= 11 is 1.70. The molecule has 7 heteroatoms. The van der Waals surface area contributed by atoms with E-state index in [0.717, 1.165) is 38.9 Å². The lowest BCUT2D eigenvalue weighted by molar-refractivity contribution is -0.143. The Kier molecular flexibility index (Phi) is 6.44. The van der Waals surface area contributed by atoms with E-state index in [9.17, 15) is 14.4 Å². The minimum atomic E-state index is -1.28. The molecular formula is C34H31N3O3S. The molecule has 0 aromatic heterocycles. The summed E-state index contributed by atoms with van der Waals surface area (Å²) in [6.07, 6.45) is 2.73. The lowest BCUT2D eigenvalue weighted by Crippen LogP contribution is -2.55. The fourth-order valence-corrected chi connectivity index (χ4v) is 7.67. The van der Waals surface area contributed by atoms with Gasteiger partial charge in [0.2, 0.25) is 11.8 Å². The zero-order chi connectivity index (χ0) is 28.1. The molecule has 0 aliphatic carbocycles. The number of hydrogen-bond donors (Lipinski definition) is 1.